The molecule has 2 heterocycles. The van der Waals surface area contributed by atoms with Crippen molar-refractivity contribution in [1.29, 1.82) is 0 Å². The highest BCUT2D eigenvalue weighted by molar-refractivity contribution is 5.77. The summed E-state index contributed by atoms with van der Waals surface area (Å²) in [5.74, 6) is 0.989. The highest BCUT2D eigenvalue weighted by Crippen LogP contribution is 2.32. The van der Waals surface area contributed by atoms with Crippen LogP contribution in [0.15, 0.2) is 48.5 Å². The SMILES string of the molecule is CCN(CC)CCN1C(=O)CC[C@H]2CN(Cc3ccc(-c4ccccc4C)cc3)CC[C@H]21. The maximum Gasteiger partial charge on any atom is 0.222 e. The number of hydrogen-bond acceptors (Lipinski definition) is 3. The Morgan fingerprint density at radius 1 is 1.00 bits per heavy atom. The molecule has 2 aromatic rings. The normalized spacial score (nSPS) is 21.8. The second-order valence-corrected chi connectivity index (χ2v) is 9.52. The second kappa shape index (κ2) is 10.6. The van der Waals surface area contributed by atoms with Crippen molar-refractivity contribution in [1.82, 2.24) is 14.7 Å². The van der Waals surface area contributed by atoms with Crippen molar-refractivity contribution in [3.05, 3.63) is 59.7 Å². The lowest BCUT2D eigenvalue weighted by Crippen LogP contribution is -2.57. The topological polar surface area (TPSA) is 26.8 Å². The van der Waals surface area contributed by atoms with E-state index in [0.29, 0.717) is 17.9 Å². The van der Waals surface area contributed by atoms with E-state index in [1.54, 1.807) is 0 Å². The molecule has 2 saturated heterocycles. The minimum atomic E-state index is 0.374. The number of carbonyl (C=O) groups is 1. The summed E-state index contributed by atoms with van der Waals surface area (Å²) in [6.45, 7) is 13.8. The molecular weight excluding hydrogens is 394 g/mol. The summed E-state index contributed by atoms with van der Waals surface area (Å²) in [6, 6.07) is 18.1. The van der Waals surface area contributed by atoms with E-state index >= 15 is 0 Å². The molecule has 0 N–H and O–H groups in total. The highest BCUT2D eigenvalue weighted by Gasteiger charge is 2.39. The third-order valence-corrected chi connectivity index (χ3v) is 7.60. The zero-order valence-corrected chi connectivity index (χ0v) is 20.1. The number of benzene rings is 2. The van der Waals surface area contributed by atoms with Crippen LogP contribution in [0, 0.1) is 12.8 Å². The van der Waals surface area contributed by atoms with Crippen LogP contribution in [0.5, 0.6) is 0 Å². The summed E-state index contributed by atoms with van der Waals surface area (Å²) in [5.41, 5.74) is 5.31. The maximum absolute atomic E-state index is 12.7. The fourth-order valence-corrected chi connectivity index (χ4v) is 5.59. The molecule has 4 rings (SSSR count). The third-order valence-electron chi connectivity index (χ3n) is 7.60. The van der Waals surface area contributed by atoms with Crippen LogP contribution in [0.1, 0.15) is 44.2 Å². The van der Waals surface area contributed by atoms with Crippen molar-refractivity contribution < 1.29 is 4.79 Å². The van der Waals surface area contributed by atoms with E-state index in [4.69, 9.17) is 0 Å². The van der Waals surface area contributed by atoms with Crippen LogP contribution in [0.25, 0.3) is 11.1 Å². The van der Waals surface area contributed by atoms with Gasteiger partial charge in [0.25, 0.3) is 0 Å². The van der Waals surface area contributed by atoms with E-state index in [9.17, 15) is 4.79 Å². The summed E-state index contributed by atoms with van der Waals surface area (Å²) < 4.78 is 0. The molecule has 32 heavy (non-hydrogen) atoms. The molecule has 2 aliphatic heterocycles. The first-order valence-corrected chi connectivity index (χ1v) is 12.5. The quantitative estimate of drug-likeness (QED) is 0.597. The number of rotatable bonds is 8. The molecule has 0 saturated carbocycles. The molecule has 0 aromatic heterocycles. The van der Waals surface area contributed by atoms with Gasteiger partial charge in [-0.1, -0.05) is 62.4 Å². The Kier molecular flexibility index (Phi) is 7.64. The van der Waals surface area contributed by atoms with Gasteiger partial charge in [0.05, 0.1) is 0 Å². The van der Waals surface area contributed by atoms with Crippen molar-refractivity contribution in [3.63, 3.8) is 0 Å². The van der Waals surface area contributed by atoms with Crippen LogP contribution < -0.4 is 0 Å². The fraction of sp³-hybridized carbons (Fsp3) is 0.536. The van der Waals surface area contributed by atoms with Gasteiger partial charge in [-0.05, 0) is 61.0 Å². The summed E-state index contributed by atoms with van der Waals surface area (Å²) in [4.78, 5) is 19.9. The van der Waals surface area contributed by atoms with Gasteiger partial charge in [0.15, 0.2) is 0 Å². The van der Waals surface area contributed by atoms with E-state index in [2.05, 4.69) is 84.0 Å². The molecule has 1 amide bonds. The van der Waals surface area contributed by atoms with Gasteiger partial charge in [-0.2, -0.15) is 0 Å². The Labute approximate surface area is 194 Å². The van der Waals surface area contributed by atoms with Gasteiger partial charge in [0, 0.05) is 45.2 Å². The van der Waals surface area contributed by atoms with Gasteiger partial charge < -0.3 is 9.80 Å². The predicted octanol–water partition coefficient (Wildman–Crippen LogP) is 4.82. The maximum atomic E-state index is 12.7. The largest absolute Gasteiger partial charge is 0.338 e. The molecule has 0 bridgehead atoms. The minimum absolute atomic E-state index is 0.374. The van der Waals surface area contributed by atoms with Crippen LogP contribution in [0.2, 0.25) is 0 Å². The Balaban J connectivity index is 1.35. The summed E-state index contributed by atoms with van der Waals surface area (Å²) >= 11 is 0. The predicted molar refractivity (Wildman–Crippen MR) is 133 cm³/mol. The molecule has 2 aliphatic rings. The van der Waals surface area contributed by atoms with Crippen molar-refractivity contribution in [3.8, 4) is 11.1 Å². The Morgan fingerprint density at radius 3 is 2.47 bits per heavy atom. The van der Waals surface area contributed by atoms with Crippen LogP contribution in [-0.4, -0.2) is 65.9 Å². The summed E-state index contributed by atoms with van der Waals surface area (Å²) in [5, 5.41) is 0. The lowest BCUT2D eigenvalue weighted by Gasteiger charge is -2.47. The van der Waals surface area contributed by atoms with E-state index < -0.39 is 0 Å². The van der Waals surface area contributed by atoms with Crippen molar-refractivity contribution in [2.45, 2.75) is 52.6 Å². The number of hydrogen-bond donors (Lipinski definition) is 0. The van der Waals surface area contributed by atoms with Gasteiger partial charge in [0.2, 0.25) is 5.91 Å². The zero-order valence-electron chi connectivity index (χ0n) is 20.1. The Morgan fingerprint density at radius 2 is 1.75 bits per heavy atom. The number of carbonyl (C=O) groups excluding carboxylic acids is 1. The van der Waals surface area contributed by atoms with Gasteiger partial charge in [-0.3, -0.25) is 9.69 Å². The second-order valence-electron chi connectivity index (χ2n) is 9.52. The summed E-state index contributed by atoms with van der Waals surface area (Å²) in [6.07, 6.45) is 2.88. The first-order valence-electron chi connectivity index (χ1n) is 12.5. The van der Waals surface area contributed by atoms with Crippen LogP contribution >= 0.6 is 0 Å². The molecule has 4 heteroatoms. The molecule has 4 nitrogen and oxygen atoms in total. The third kappa shape index (κ3) is 5.24. The van der Waals surface area contributed by atoms with Crippen LogP contribution in [-0.2, 0) is 11.3 Å². The Bertz CT molecular complexity index is 890. The van der Waals surface area contributed by atoms with Crippen molar-refractivity contribution in [2.75, 3.05) is 39.3 Å². The average Bonchev–Trinajstić information content (AvgIpc) is 2.82. The molecular formula is C28H39N3O. The molecule has 0 aliphatic carbocycles. The monoisotopic (exact) mass is 433 g/mol. The van der Waals surface area contributed by atoms with Gasteiger partial charge in [-0.15, -0.1) is 0 Å². The van der Waals surface area contributed by atoms with E-state index in [0.717, 1.165) is 65.1 Å². The lowest BCUT2D eigenvalue weighted by molar-refractivity contribution is -0.141. The van der Waals surface area contributed by atoms with Crippen molar-refractivity contribution in [2.24, 2.45) is 5.92 Å². The van der Waals surface area contributed by atoms with Gasteiger partial charge in [-0.25, -0.2) is 0 Å². The minimum Gasteiger partial charge on any atom is -0.338 e. The summed E-state index contributed by atoms with van der Waals surface area (Å²) in [7, 11) is 0. The number of piperidine rings is 2. The number of aryl methyl sites for hydroxylation is 1. The fourth-order valence-electron chi connectivity index (χ4n) is 5.59. The first-order chi connectivity index (χ1) is 15.6. The van der Waals surface area contributed by atoms with Crippen LogP contribution in [0.4, 0.5) is 0 Å². The number of likely N-dealkylation sites (tertiary alicyclic amines) is 2. The van der Waals surface area contributed by atoms with Gasteiger partial charge >= 0.3 is 0 Å². The molecule has 2 aromatic carbocycles. The first kappa shape index (κ1) is 23.0. The average molecular weight is 434 g/mol. The standard InChI is InChI=1S/C28H39N3O/c1-4-29(5-2)18-19-31-27-16-17-30(21-25(27)14-15-28(31)32)20-23-10-12-24(13-11-23)26-9-7-6-8-22(26)3/h6-13,25,27H,4-5,14-21H2,1-3H3/t25-,27+/m0/s1. The van der Waals surface area contributed by atoms with Crippen LogP contribution in [0.3, 0.4) is 0 Å². The molecule has 0 radical (unpaired) electrons. The highest BCUT2D eigenvalue weighted by atomic mass is 16.2. The molecule has 2 fully saturated rings. The van der Waals surface area contributed by atoms with E-state index in [-0.39, 0.29) is 0 Å². The zero-order chi connectivity index (χ0) is 22.5. The van der Waals surface area contributed by atoms with E-state index in [1.807, 2.05) is 0 Å². The number of nitrogens with zero attached hydrogens (tertiary/aromatic N) is 3. The number of fused-ring (bicyclic) bond motifs is 1. The van der Waals surface area contributed by atoms with E-state index in [1.165, 1.54) is 22.3 Å². The smallest absolute Gasteiger partial charge is 0.222 e. The molecule has 172 valence electrons. The molecule has 2 atom stereocenters. The number of amides is 1. The van der Waals surface area contributed by atoms with Crippen molar-refractivity contribution >= 4 is 5.91 Å². The molecule has 0 unspecified atom stereocenters. The van der Waals surface area contributed by atoms with Gasteiger partial charge in [0.1, 0.15) is 0 Å². The number of likely N-dealkylation sites (N-methyl/N-ethyl adjacent to an activating group) is 1. The molecule has 0 spiro atoms. The lowest BCUT2D eigenvalue weighted by atomic mass is 9.83. The Hall–Kier alpha value is -2.17.